The second-order valence-corrected chi connectivity index (χ2v) is 4.97. The fourth-order valence-corrected chi connectivity index (χ4v) is 2.62. The molecule has 18 heavy (non-hydrogen) atoms. The van der Waals surface area contributed by atoms with Gasteiger partial charge in [-0.1, -0.05) is 0 Å². The number of benzene rings is 1. The summed E-state index contributed by atoms with van der Waals surface area (Å²) in [5.74, 6) is 0.0680. The van der Waals surface area contributed by atoms with Crippen LogP contribution in [0.5, 0.6) is 5.75 Å². The maximum atomic E-state index is 11.0. The van der Waals surface area contributed by atoms with E-state index in [2.05, 4.69) is 4.98 Å². The van der Waals surface area contributed by atoms with Crippen molar-refractivity contribution in [1.29, 1.82) is 0 Å². The third-order valence-corrected chi connectivity index (χ3v) is 3.81. The standard InChI is InChI=1S/C14H15NO3/c1-18-12-7-9(6-11-10(12)2-5-15-11)14(3-4-14)8-13(16)17/h2,5-7,15H,3-4,8H2,1H3,(H,16,17). The van der Waals surface area contributed by atoms with Crippen molar-refractivity contribution in [3.8, 4) is 5.75 Å². The third-order valence-electron chi connectivity index (χ3n) is 3.81. The molecule has 1 aliphatic carbocycles. The lowest BCUT2D eigenvalue weighted by molar-refractivity contribution is -0.137. The van der Waals surface area contributed by atoms with Crippen molar-refractivity contribution in [3.05, 3.63) is 30.0 Å². The summed E-state index contributed by atoms with van der Waals surface area (Å²) in [5, 5.41) is 10.0. The van der Waals surface area contributed by atoms with Crippen LogP contribution in [0.4, 0.5) is 0 Å². The lowest BCUT2D eigenvalue weighted by Crippen LogP contribution is -2.13. The molecule has 0 amide bonds. The Morgan fingerprint density at radius 2 is 2.28 bits per heavy atom. The summed E-state index contributed by atoms with van der Waals surface area (Å²) in [5.41, 5.74) is 1.89. The van der Waals surface area contributed by atoms with Crippen molar-refractivity contribution in [1.82, 2.24) is 4.98 Å². The second kappa shape index (κ2) is 3.77. The summed E-state index contributed by atoms with van der Waals surface area (Å²) < 4.78 is 5.39. The molecule has 0 bridgehead atoms. The maximum absolute atomic E-state index is 11.0. The molecule has 0 unspecified atom stereocenters. The highest BCUT2D eigenvalue weighted by Gasteiger charge is 2.46. The zero-order valence-corrected chi connectivity index (χ0v) is 10.2. The van der Waals surface area contributed by atoms with Crippen molar-refractivity contribution >= 4 is 16.9 Å². The van der Waals surface area contributed by atoms with Crippen LogP contribution in [0.25, 0.3) is 10.9 Å². The number of H-pyrrole nitrogens is 1. The number of carbonyl (C=O) groups is 1. The highest BCUT2D eigenvalue weighted by Crippen LogP contribution is 2.52. The van der Waals surface area contributed by atoms with Gasteiger partial charge in [-0.2, -0.15) is 0 Å². The molecule has 2 aromatic rings. The minimum absolute atomic E-state index is 0.182. The summed E-state index contributed by atoms with van der Waals surface area (Å²) in [6, 6.07) is 5.99. The number of hydrogen-bond donors (Lipinski definition) is 2. The van der Waals surface area contributed by atoms with Crippen molar-refractivity contribution in [2.24, 2.45) is 0 Å². The Hall–Kier alpha value is -1.97. The Labute approximate surface area is 105 Å². The van der Waals surface area contributed by atoms with Gasteiger partial charge in [0.1, 0.15) is 5.75 Å². The number of carboxylic acids is 1. The van der Waals surface area contributed by atoms with Gasteiger partial charge in [0.25, 0.3) is 0 Å². The Morgan fingerprint density at radius 3 is 2.89 bits per heavy atom. The molecular formula is C14H15NO3. The molecule has 0 radical (unpaired) electrons. The fraction of sp³-hybridized carbons (Fsp3) is 0.357. The first-order valence-electron chi connectivity index (χ1n) is 6.02. The van der Waals surface area contributed by atoms with E-state index in [9.17, 15) is 4.79 Å². The van der Waals surface area contributed by atoms with Gasteiger partial charge in [0, 0.05) is 22.5 Å². The normalized spacial score (nSPS) is 16.7. The van der Waals surface area contributed by atoms with E-state index in [0.717, 1.165) is 35.1 Å². The summed E-state index contributed by atoms with van der Waals surface area (Å²) in [4.78, 5) is 14.1. The van der Waals surface area contributed by atoms with E-state index in [4.69, 9.17) is 9.84 Å². The van der Waals surface area contributed by atoms with Gasteiger partial charge in [-0.05, 0) is 36.6 Å². The lowest BCUT2D eigenvalue weighted by Gasteiger charge is -2.15. The molecule has 94 valence electrons. The van der Waals surface area contributed by atoms with E-state index in [1.54, 1.807) is 7.11 Å². The number of aromatic nitrogens is 1. The highest BCUT2D eigenvalue weighted by molar-refractivity contribution is 5.87. The van der Waals surface area contributed by atoms with Gasteiger partial charge in [0.15, 0.2) is 0 Å². The second-order valence-electron chi connectivity index (χ2n) is 4.97. The number of hydrogen-bond acceptors (Lipinski definition) is 2. The van der Waals surface area contributed by atoms with E-state index in [0.29, 0.717) is 0 Å². The van der Waals surface area contributed by atoms with E-state index >= 15 is 0 Å². The molecule has 1 saturated carbocycles. The predicted octanol–water partition coefficient (Wildman–Crippen LogP) is 2.68. The minimum atomic E-state index is -0.738. The van der Waals surface area contributed by atoms with E-state index in [1.165, 1.54) is 0 Å². The zero-order valence-electron chi connectivity index (χ0n) is 10.2. The number of methoxy groups -OCH3 is 1. The molecule has 0 aliphatic heterocycles. The van der Waals surface area contributed by atoms with Crippen molar-refractivity contribution in [3.63, 3.8) is 0 Å². The van der Waals surface area contributed by atoms with E-state index < -0.39 is 5.97 Å². The summed E-state index contributed by atoms with van der Waals surface area (Å²) in [6.45, 7) is 0. The van der Waals surface area contributed by atoms with Crippen molar-refractivity contribution < 1.29 is 14.6 Å². The van der Waals surface area contributed by atoms with Crippen LogP contribution < -0.4 is 4.74 Å². The summed E-state index contributed by atoms with van der Waals surface area (Å²) in [7, 11) is 1.64. The lowest BCUT2D eigenvalue weighted by atomic mass is 9.91. The highest BCUT2D eigenvalue weighted by atomic mass is 16.5. The van der Waals surface area contributed by atoms with E-state index in [-0.39, 0.29) is 11.8 Å². The molecule has 0 spiro atoms. The van der Waals surface area contributed by atoms with Crippen LogP contribution in [-0.2, 0) is 10.2 Å². The average Bonchev–Trinajstić information content (AvgIpc) is 2.95. The third kappa shape index (κ3) is 1.65. The van der Waals surface area contributed by atoms with Gasteiger partial charge in [-0.25, -0.2) is 0 Å². The monoisotopic (exact) mass is 245 g/mol. The van der Waals surface area contributed by atoms with Gasteiger partial charge in [0.05, 0.1) is 13.5 Å². The number of carboxylic acid groups (broad SMARTS) is 1. The van der Waals surface area contributed by atoms with Crippen LogP contribution in [0.1, 0.15) is 24.8 Å². The van der Waals surface area contributed by atoms with Crippen molar-refractivity contribution in [2.75, 3.05) is 7.11 Å². The molecular weight excluding hydrogens is 230 g/mol. The quantitative estimate of drug-likeness (QED) is 0.870. The van der Waals surface area contributed by atoms with E-state index in [1.807, 2.05) is 24.4 Å². The van der Waals surface area contributed by atoms with Crippen LogP contribution in [0, 0.1) is 0 Å². The van der Waals surface area contributed by atoms with Crippen LogP contribution in [0.2, 0.25) is 0 Å². The molecule has 1 fully saturated rings. The number of fused-ring (bicyclic) bond motifs is 1. The van der Waals surface area contributed by atoms with Gasteiger partial charge in [0.2, 0.25) is 0 Å². The zero-order chi connectivity index (χ0) is 12.8. The van der Waals surface area contributed by atoms with Gasteiger partial charge in [-0.15, -0.1) is 0 Å². The Balaban J connectivity index is 2.09. The van der Waals surface area contributed by atoms with Crippen molar-refractivity contribution in [2.45, 2.75) is 24.7 Å². The molecule has 0 atom stereocenters. The average molecular weight is 245 g/mol. The van der Waals surface area contributed by atoms with Crippen LogP contribution >= 0.6 is 0 Å². The molecule has 1 aliphatic rings. The summed E-state index contributed by atoms with van der Waals surface area (Å²) in [6.07, 6.45) is 3.94. The molecule has 1 heterocycles. The number of aliphatic carboxylic acids is 1. The molecule has 0 saturated heterocycles. The van der Waals surface area contributed by atoms with Gasteiger partial charge < -0.3 is 14.8 Å². The van der Waals surface area contributed by atoms with Crippen LogP contribution in [0.15, 0.2) is 24.4 Å². The molecule has 2 N–H and O–H groups in total. The number of nitrogens with one attached hydrogen (secondary N) is 1. The smallest absolute Gasteiger partial charge is 0.304 e. The van der Waals surface area contributed by atoms with Crippen LogP contribution in [0.3, 0.4) is 0 Å². The van der Waals surface area contributed by atoms with Gasteiger partial charge >= 0.3 is 5.97 Å². The number of ether oxygens (including phenoxy) is 1. The first kappa shape index (κ1) is 11.1. The molecule has 1 aromatic heterocycles. The predicted molar refractivity (Wildman–Crippen MR) is 68.0 cm³/mol. The SMILES string of the molecule is COc1cc(C2(CC(=O)O)CC2)cc2[nH]ccc12. The first-order chi connectivity index (χ1) is 8.64. The Bertz CT molecular complexity index is 611. The largest absolute Gasteiger partial charge is 0.496 e. The molecule has 4 heteroatoms. The molecule has 1 aromatic carbocycles. The topological polar surface area (TPSA) is 62.3 Å². The minimum Gasteiger partial charge on any atom is -0.496 e. The Morgan fingerprint density at radius 1 is 1.50 bits per heavy atom. The summed E-state index contributed by atoms with van der Waals surface area (Å²) >= 11 is 0. The van der Waals surface area contributed by atoms with Gasteiger partial charge in [-0.3, -0.25) is 4.79 Å². The molecule has 3 rings (SSSR count). The number of rotatable bonds is 4. The number of aromatic amines is 1. The molecule has 4 nitrogen and oxygen atoms in total. The Kier molecular flexibility index (Phi) is 2.33. The maximum Gasteiger partial charge on any atom is 0.304 e. The van der Waals surface area contributed by atoms with Crippen LogP contribution in [-0.4, -0.2) is 23.2 Å². The first-order valence-corrected chi connectivity index (χ1v) is 6.02. The fourth-order valence-electron chi connectivity index (χ4n) is 2.62.